The van der Waals surface area contributed by atoms with Gasteiger partial charge in [-0.3, -0.25) is 9.69 Å². The molecule has 1 aliphatic carbocycles. The fourth-order valence-electron chi connectivity index (χ4n) is 3.18. The number of benzene rings is 1. The van der Waals surface area contributed by atoms with Crippen LogP contribution in [0.2, 0.25) is 0 Å². The van der Waals surface area contributed by atoms with E-state index in [1.165, 1.54) is 6.42 Å². The SMILES string of the molecule is O=C(NC1CCCN(CCOc2ccccc2)C1)C1CCC1. The zero-order valence-corrected chi connectivity index (χ0v) is 13.2. The average molecular weight is 302 g/mol. The van der Waals surface area contributed by atoms with Crippen LogP contribution in [0.15, 0.2) is 30.3 Å². The van der Waals surface area contributed by atoms with E-state index in [9.17, 15) is 4.79 Å². The molecular formula is C18H26N2O2. The van der Waals surface area contributed by atoms with Crippen molar-refractivity contribution in [1.82, 2.24) is 10.2 Å². The number of hydrogen-bond donors (Lipinski definition) is 1. The van der Waals surface area contributed by atoms with Crippen molar-refractivity contribution in [3.8, 4) is 5.75 Å². The minimum atomic E-state index is 0.277. The van der Waals surface area contributed by atoms with E-state index in [0.717, 1.165) is 51.1 Å². The molecule has 3 rings (SSSR count). The number of carbonyl (C=O) groups excluding carboxylic acids is 1. The number of likely N-dealkylation sites (tertiary alicyclic amines) is 1. The molecule has 120 valence electrons. The molecule has 0 radical (unpaired) electrons. The third kappa shape index (κ3) is 4.23. The Morgan fingerprint density at radius 1 is 1.18 bits per heavy atom. The highest BCUT2D eigenvalue weighted by Crippen LogP contribution is 2.26. The molecule has 4 nitrogen and oxygen atoms in total. The summed E-state index contributed by atoms with van der Waals surface area (Å²) >= 11 is 0. The van der Waals surface area contributed by atoms with Crippen LogP contribution in [0.3, 0.4) is 0 Å². The molecule has 0 bridgehead atoms. The largest absolute Gasteiger partial charge is 0.492 e. The summed E-state index contributed by atoms with van der Waals surface area (Å²) in [5.74, 6) is 1.49. The maximum Gasteiger partial charge on any atom is 0.223 e. The number of amides is 1. The molecule has 0 spiro atoms. The van der Waals surface area contributed by atoms with Gasteiger partial charge in [0.25, 0.3) is 0 Å². The number of hydrogen-bond acceptors (Lipinski definition) is 3. The second-order valence-electron chi connectivity index (χ2n) is 6.44. The number of piperidine rings is 1. The van der Waals surface area contributed by atoms with Gasteiger partial charge in [0.05, 0.1) is 0 Å². The van der Waals surface area contributed by atoms with Crippen molar-refractivity contribution in [3.05, 3.63) is 30.3 Å². The smallest absolute Gasteiger partial charge is 0.223 e. The van der Waals surface area contributed by atoms with Crippen LogP contribution in [0.5, 0.6) is 5.75 Å². The Morgan fingerprint density at radius 3 is 2.73 bits per heavy atom. The highest BCUT2D eigenvalue weighted by molar-refractivity contribution is 5.79. The van der Waals surface area contributed by atoms with Gasteiger partial charge in [-0.2, -0.15) is 0 Å². The number of carbonyl (C=O) groups is 1. The average Bonchev–Trinajstić information content (AvgIpc) is 2.47. The molecule has 0 aromatic heterocycles. The normalized spacial score (nSPS) is 22.8. The minimum Gasteiger partial charge on any atom is -0.492 e. The molecule has 1 saturated carbocycles. The molecule has 1 aromatic rings. The van der Waals surface area contributed by atoms with Crippen molar-refractivity contribution >= 4 is 5.91 Å². The lowest BCUT2D eigenvalue weighted by Crippen LogP contribution is -2.50. The lowest BCUT2D eigenvalue weighted by molar-refractivity contribution is -0.128. The van der Waals surface area contributed by atoms with E-state index in [1.54, 1.807) is 0 Å². The van der Waals surface area contributed by atoms with Gasteiger partial charge in [-0.15, -0.1) is 0 Å². The van der Waals surface area contributed by atoms with Gasteiger partial charge in [0.2, 0.25) is 5.91 Å². The molecular weight excluding hydrogens is 276 g/mol. The first-order valence-corrected chi connectivity index (χ1v) is 8.52. The monoisotopic (exact) mass is 302 g/mol. The minimum absolute atomic E-state index is 0.277. The van der Waals surface area contributed by atoms with Crippen LogP contribution in [0.25, 0.3) is 0 Å². The Bertz CT molecular complexity index is 473. The van der Waals surface area contributed by atoms with Crippen molar-refractivity contribution in [2.75, 3.05) is 26.2 Å². The zero-order valence-electron chi connectivity index (χ0n) is 13.2. The molecule has 1 amide bonds. The van der Waals surface area contributed by atoms with E-state index in [-0.39, 0.29) is 11.8 Å². The van der Waals surface area contributed by atoms with Crippen LogP contribution >= 0.6 is 0 Å². The van der Waals surface area contributed by atoms with Gasteiger partial charge < -0.3 is 10.1 Å². The molecule has 1 saturated heterocycles. The van der Waals surface area contributed by atoms with Gasteiger partial charge in [-0.1, -0.05) is 24.6 Å². The highest BCUT2D eigenvalue weighted by Gasteiger charge is 2.28. The van der Waals surface area contributed by atoms with E-state index in [2.05, 4.69) is 10.2 Å². The van der Waals surface area contributed by atoms with Gasteiger partial charge in [-0.05, 0) is 44.4 Å². The van der Waals surface area contributed by atoms with Crippen LogP contribution in [0, 0.1) is 5.92 Å². The summed E-state index contributed by atoms with van der Waals surface area (Å²) in [5, 5.41) is 3.24. The van der Waals surface area contributed by atoms with Crippen molar-refractivity contribution in [1.29, 1.82) is 0 Å². The molecule has 1 unspecified atom stereocenters. The molecule has 2 aliphatic rings. The molecule has 2 fully saturated rings. The van der Waals surface area contributed by atoms with E-state index in [0.29, 0.717) is 12.6 Å². The maximum atomic E-state index is 12.0. The summed E-state index contributed by atoms with van der Waals surface area (Å²) < 4.78 is 5.76. The summed E-state index contributed by atoms with van der Waals surface area (Å²) in [4.78, 5) is 14.4. The topological polar surface area (TPSA) is 41.6 Å². The number of ether oxygens (including phenoxy) is 1. The Labute approximate surface area is 132 Å². The van der Waals surface area contributed by atoms with Crippen LogP contribution in [-0.4, -0.2) is 43.1 Å². The molecule has 1 heterocycles. The quantitative estimate of drug-likeness (QED) is 0.877. The van der Waals surface area contributed by atoms with E-state index in [4.69, 9.17) is 4.74 Å². The van der Waals surface area contributed by atoms with Gasteiger partial charge in [0.1, 0.15) is 12.4 Å². The molecule has 22 heavy (non-hydrogen) atoms. The standard InChI is InChI=1S/C18H26N2O2/c21-18(15-6-4-7-15)19-16-8-5-11-20(14-16)12-13-22-17-9-2-1-3-10-17/h1-3,9-10,15-16H,4-8,11-14H2,(H,19,21). The molecule has 1 aliphatic heterocycles. The van der Waals surface area contributed by atoms with Gasteiger partial charge in [0.15, 0.2) is 0 Å². The summed E-state index contributed by atoms with van der Waals surface area (Å²) in [7, 11) is 0. The van der Waals surface area contributed by atoms with Crippen molar-refractivity contribution < 1.29 is 9.53 Å². The molecule has 1 atom stereocenters. The lowest BCUT2D eigenvalue weighted by Gasteiger charge is -2.34. The first-order chi connectivity index (χ1) is 10.8. The fourth-order valence-corrected chi connectivity index (χ4v) is 3.18. The Morgan fingerprint density at radius 2 is 2.00 bits per heavy atom. The van der Waals surface area contributed by atoms with E-state index in [1.807, 2.05) is 30.3 Å². The van der Waals surface area contributed by atoms with Crippen LogP contribution in [-0.2, 0) is 4.79 Å². The molecule has 1 N–H and O–H groups in total. The molecule has 1 aromatic carbocycles. The Kier molecular flexibility index (Phi) is 5.33. The van der Waals surface area contributed by atoms with Crippen LogP contribution < -0.4 is 10.1 Å². The Balaban J connectivity index is 1.37. The summed E-state index contributed by atoms with van der Waals surface area (Å²) in [6, 6.07) is 10.3. The Hall–Kier alpha value is -1.55. The number of nitrogens with one attached hydrogen (secondary N) is 1. The zero-order chi connectivity index (χ0) is 15.2. The van der Waals surface area contributed by atoms with E-state index >= 15 is 0 Å². The number of rotatable bonds is 6. The van der Waals surface area contributed by atoms with Crippen molar-refractivity contribution in [3.63, 3.8) is 0 Å². The second-order valence-corrected chi connectivity index (χ2v) is 6.44. The summed E-state index contributed by atoms with van der Waals surface area (Å²) in [5.41, 5.74) is 0. The van der Waals surface area contributed by atoms with Gasteiger partial charge in [0, 0.05) is 25.0 Å². The van der Waals surface area contributed by atoms with Crippen molar-refractivity contribution in [2.45, 2.75) is 38.1 Å². The van der Waals surface area contributed by atoms with Crippen molar-refractivity contribution in [2.24, 2.45) is 5.92 Å². The maximum absolute atomic E-state index is 12.0. The number of para-hydroxylation sites is 1. The third-order valence-corrected chi connectivity index (χ3v) is 4.75. The first kappa shape index (κ1) is 15.3. The molecule has 4 heteroatoms. The second kappa shape index (κ2) is 7.63. The third-order valence-electron chi connectivity index (χ3n) is 4.75. The predicted molar refractivity (Wildman–Crippen MR) is 86.9 cm³/mol. The van der Waals surface area contributed by atoms with Crippen LogP contribution in [0.4, 0.5) is 0 Å². The van der Waals surface area contributed by atoms with E-state index < -0.39 is 0 Å². The first-order valence-electron chi connectivity index (χ1n) is 8.52. The summed E-state index contributed by atoms with van der Waals surface area (Å²) in [6.07, 6.45) is 5.63. The number of nitrogens with zero attached hydrogens (tertiary/aromatic N) is 1. The van der Waals surface area contributed by atoms with Crippen LogP contribution in [0.1, 0.15) is 32.1 Å². The van der Waals surface area contributed by atoms with Gasteiger partial charge >= 0.3 is 0 Å². The predicted octanol–water partition coefficient (Wildman–Crippen LogP) is 2.45. The lowest BCUT2D eigenvalue weighted by atomic mass is 9.84. The fraction of sp³-hybridized carbons (Fsp3) is 0.611. The summed E-state index contributed by atoms with van der Waals surface area (Å²) in [6.45, 7) is 3.68. The van der Waals surface area contributed by atoms with Gasteiger partial charge in [-0.25, -0.2) is 0 Å². The highest BCUT2D eigenvalue weighted by atomic mass is 16.5.